The molecule has 1 saturated carbocycles. The summed E-state index contributed by atoms with van der Waals surface area (Å²) in [5, 5.41) is 4.53. The van der Waals surface area contributed by atoms with Crippen LogP contribution in [0.3, 0.4) is 0 Å². The van der Waals surface area contributed by atoms with Crippen molar-refractivity contribution < 1.29 is 0 Å². The van der Waals surface area contributed by atoms with Crippen molar-refractivity contribution in [1.29, 1.82) is 0 Å². The van der Waals surface area contributed by atoms with Crippen LogP contribution in [-0.4, -0.2) is 6.04 Å². The second-order valence-corrected chi connectivity index (χ2v) is 5.95. The standard InChI is InChI=1S/C15H22ClN/c1-10-5-4-6-11(2)15(10)17-14-8-7-13(16)9-12(14)3/h7-11,15,17H,4-6H2,1-3H3. The predicted molar refractivity (Wildman–Crippen MR) is 75.8 cm³/mol. The van der Waals surface area contributed by atoms with Gasteiger partial charge >= 0.3 is 0 Å². The topological polar surface area (TPSA) is 12.0 Å². The highest BCUT2D eigenvalue weighted by atomic mass is 35.5. The number of anilines is 1. The minimum atomic E-state index is 0.601. The number of aryl methyl sites for hydroxylation is 1. The van der Waals surface area contributed by atoms with E-state index in [1.165, 1.54) is 30.5 Å². The third-order valence-electron chi connectivity index (χ3n) is 4.06. The fourth-order valence-corrected chi connectivity index (χ4v) is 3.16. The van der Waals surface area contributed by atoms with Crippen molar-refractivity contribution in [3.8, 4) is 0 Å². The first-order chi connectivity index (χ1) is 8.08. The van der Waals surface area contributed by atoms with Gasteiger partial charge in [-0.1, -0.05) is 31.9 Å². The van der Waals surface area contributed by atoms with E-state index in [2.05, 4.69) is 32.2 Å². The maximum absolute atomic E-state index is 5.99. The van der Waals surface area contributed by atoms with Gasteiger partial charge in [0.1, 0.15) is 0 Å². The SMILES string of the molecule is Cc1cc(Cl)ccc1NC1C(C)CCCC1C. The van der Waals surface area contributed by atoms with Crippen LogP contribution in [-0.2, 0) is 0 Å². The van der Waals surface area contributed by atoms with Gasteiger partial charge in [-0.25, -0.2) is 0 Å². The lowest BCUT2D eigenvalue weighted by Gasteiger charge is -2.36. The first-order valence-electron chi connectivity index (χ1n) is 6.60. The molecule has 0 aromatic heterocycles. The number of rotatable bonds is 2. The van der Waals surface area contributed by atoms with E-state index in [0.29, 0.717) is 6.04 Å². The molecule has 0 heterocycles. The quantitative estimate of drug-likeness (QED) is 0.790. The summed E-state index contributed by atoms with van der Waals surface area (Å²) in [5.74, 6) is 1.52. The average molecular weight is 252 g/mol. The maximum atomic E-state index is 5.99. The van der Waals surface area contributed by atoms with Crippen molar-refractivity contribution in [1.82, 2.24) is 0 Å². The summed E-state index contributed by atoms with van der Waals surface area (Å²) < 4.78 is 0. The first kappa shape index (κ1) is 12.8. The van der Waals surface area contributed by atoms with E-state index in [9.17, 15) is 0 Å². The van der Waals surface area contributed by atoms with Crippen molar-refractivity contribution in [2.24, 2.45) is 11.8 Å². The van der Waals surface area contributed by atoms with E-state index in [4.69, 9.17) is 11.6 Å². The normalized spacial score (nSPS) is 29.1. The lowest BCUT2D eigenvalue weighted by Crippen LogP contribution is -2.37. The summed E-state index contributed by atoms with van der Waals surface area (Å²) in [7, 11) is 0. The number of hydrogen-bond donors (Lipinski definition) is 1. The van der Waals surface area contributed by atoms with Crippen LogP contribution in [0, 0.1) is 18.8 Å². The molecule has 0 radical (unpaired) electrons. The summed E-state index contributed by atoms with van der Waals surface area (Å²) in [5.41, 5.74) is 2.47. The Morgan fingerprint density at radius 3 is 2.41 bits per heavy atom. The smallest absolute Gasteiger partial charge is 0.0410 e. The zero-order chi connectivity index (χ0) is 12.4. The molecule has 1 aromatic carbocycles. The third-order valence-corrected chi connectivity index (χ3v) is 4.29. The number of halogens is 1. The van der Waals surface area contributed by atoms with E-state index in [1.54, 1.807) is 0 Å². The van der Waals surface area contributed by atoms with Gasteiger partial charge in [0.05, 0.1) is 0 Å². The van der Waals surface area contributed by atoms with Crippen LogP contribution >= 0.6 is 11.6 Å². The Labute approximate surface area is 110 Å². The average Bonchev–Trinajstić information content (AvgIpc) is 2.26. The molecule has 0 bridgehead atoms. The molecule has 1 nitrogen and oxygen atoms in total. The molecule has 94 valence electrons. The van der Waals surface area contributed by atoms with E-state index in [0.717, 1.165) is 16.9 Å². The van der Waals surface area contributed by atoms with Crippen molar-refractivity contribution in [3.63, 3.8) is 0 Å². The maximum Gasteiger partial charge on any atom is 0.0410 e. The van der Waals surface area contributed by atoms with E-state index >= 15 is 0 Å². The summed E-state index contributed by atoms with van der Waals surface area (Å²) in [4.78, 5) is 0. The molecule has 1 aliphatic rings. The van der Waals surface area contributed by atoms with Gasteiger partial charge in [-0.15, -0.1) is 0 Å². The number of nitrogens with one attached hydrogen (secondary N) is 1. The molecule has 1 aromatic rings. The van der Waals surface area contributed by atoms with Crippen molar-refractivity contribution in [3.05, 3.63) is 28.8 Å². The van der Waals surface area contributed by atoms with Crippen LogP contribution in [0.2, 0.25) is 5.02 Å². The highest BCUT2D eigenvalue weighted by Crippen LogP contribution is 2.32. The molecule has 0 aliphatic heterocycles. The number of benzene rings is 1. The van der Waals surface area contributed by atoms with Crippen molar-refractivity contribution in [2.75, 3.05) is 5.32 Å². The highest BCUT2D eigenvalue weighted by Gasteiger charge is 2.27. The summed E-state index contributed by atoms with van der Waals surface area (Å²) in [6.07, 6.45) is 4.06. The van der Waals surface area contributed by atoms with Crippen LogP contribution in [0.25, 0.3) is 0 Å². The van der Waals surface area contributed by atoms with Gasteiger partial charge in [-0.2, -0.15) is 0 Å². The molecule has 0 spiro atoms. The minimum Gasteiger partial charge on any atom is -0.382 e. The molecule has 17 heavy (non-hydrogen) atoms. The Bertz CT molecular complexity index is 379. The fourth-order valence-electron chi connectivity index (χ4n) is 2.93. The van der Waals surface area contributed by atoms with Crippen LogP contribution < -0.4 is 5.32 Å². The molecule has 2 unspecified atom stereocenters. The molecule has 0 saturated heterocycles. The first-order valence-corrected chi connectivity index (χ1v) is 6.98. The van der Waals surface area contributed by atoms with Crippen molar-refractivity contribution >= 4 is 17.3 Å². The number of hydrogen-bond acceptors (Lipinski definition) is 1. The Morgan fingerprint density at radius 2 is 1.82 bits per heavy atom. The largest absolute Gasteiger partial charge is 0.382 e. The zero-order valence-electron chi connectivity index (χ0n) is 11.0. The summed E-state index contributed by atoms with van der Waals surface area (Å²) in [6, 6.07) is 6.70. The Morgan fingerprint density at radius 1 is 1.18 bits per heavy atom. The Balaban J connectivity index is 2.13. The van der Waals surface area contributed by atoms with Gasteiger partial charge in [0.25, 0.3) is 0 Å². The second-order valence-electron chi connectivity index (χ2n) is 5.51. The van der Waals surface area contributed by atoms with Gasteiger partial charge in [0.15, 0.2) is 0 Å². The summed E-state index contributed by atoms with van der Waals surface area (Å²) in [6.45, 7) is 6.84. The summed E-state index contributed by atoms with van der Waals surface area (Å²) >= 11 is 5.99. The molecule has 1 aliphatic carbocycles. The Hall–Kier alpha value is -0.690. The van der Waals surface area contributed by atoms with E-state index in [-0.39, 0.29) is 0 Å². The monoisotopic (exact) mass is 251 g/mol. The van der Waals surface area contributed by atoms with Crippen molar-refractivity contribution in [2.45, 2.75) is 46.1 Å². The van der Waals surface area contributed by atoms with Gasteiger partial charge in [-0.05, 0) is 55.4 Å². The molecular weight excluding hydrogens is 230 g/mol. The molecular formula is C15H22ClN. The minimum absolute atomic E-state index is 0.601. The zero-order valence-corrected chi connectivity index (χ0v) is 11.7. The second kappa shape index (κ2) is 5.30. The van der Waals surface area contributed by atoms with Crippen LogP contribution in [0.15, 0.2) is 18.2 Å². The van der Waals surface area contributed by atoms with Gasteiger partial charge in [-0.3, -0.25) is 0 Å². The highest BCUT2D eigenvalue weighted by molar-refractivity contribution is 6.30. The third kappa shape index (κ3) is 2.95. The lowest BCUT2D eigenvalue weighted by atomic mass is 9.78. The fraction of sp³-hybridized carbons (Fsp3) is 0.600. The van der Waals surface area contributed by atoms with Crippen LogP contribution in [0.4, 0.5) is 5.69 Å². The Kier molecular flexibility index (Phi) is 3.98. The van der Waals surface area contributed by atoms with E-state index in [1.807, 2.05) is 12.1 Å². The van der Waals surface area contributed by atoms with E-state index < -0.39 is 0 Å². The van der Waals surface area contributed by atoms with Gasteiger partial charge < -0.3 is 5.32 Å². The van der Waals surface area contributed by atoms with Gasteiger partial charge in [0, 0.05) is 16.8 Å². The van der Waals surface area contributed by atoms with Crippen LogP contribution in [0.1, 0.15) is 38.7 Å². The molecule has 2 rings (SSSR count). The van der Waals surface area contributed by atoms with Gasteiger partial charge in [0.2, 0.25) is 0 Å². The molecule has 1 fully saturated rings. The molecule has 1 N–H and O–H groups in total. The molecule has 2 heteroatoms. The lowest BCUT2D eigenvalue weighted by molar-refractivity contribution is 0.268. The molecule has 0 amide bonds. The van der Waals surface area contributed by atoms with Crippen LogP contribution in [0.5, 0.6) is 0 Å². The predicted octanol–water partition coefficient (Wildman–Crippen LogP) is 4.89. The molecule has 2 atom stereocenters.